The van der Waals surface area contributed by atoms with Crippen LogP contribution in [0.25, 0.3) is 0 Å². The second-order valence-corrected chi connectivity index (χ2v) is 5.05. The Morgan fingerprint density at radius 2 is 2.00 bits per heavy atom. The van der Waals surface area contributed by atoms with Gasteiger partial charge < -0.3 is 19.9 Å². The van der Waals surface area contributed by atoms with E-state index in [2.05, 4.69) is 5.32 Å². The maximum Gasteiger partial charge on any atom is 0.0701 e. The average molecular weight is 229 g/mol. The minimum Gasteiger partial charge on any atom is -0.394 e. The molecule has 2 fully saturated rings. The molecule has 4 nitrogen and oxygen atoms in total. The Morgan fingerprint density at radius 1 is 1.25 bits per heavy atom. The third-order valence-electron chi connectivity index (χ3n) is 3.50. The number of hydrogen-bond donors (Lipinski definition) is 2. The number of nitrogens with one attached hydrogen (secondary N) is 1. The van der Waals surface area contributed by atoms with E-state index in [0.29, 0.717) is 31.8 Å². The lowest BCUT2D eigenvalue weighted by Crippen LogP contribution is -2.55. The van der Waals surface area contributed by atoms with Crippen LogP contribution in [0.1, 0.15) is 25.7 Å². The molecule has 0 saturated heterocycles. The third kappa shape index (κ3) is 3.17. The lowest BCUT2D eigenvalue weighted by Gasteiger charge is -2.33. The van der Waals surface area contributed by atoms with Crippen molar-refractivity contribution in [3.05, 3.63) is 0 Å². The molecular weight excluding hydrogens is 206 g/mol. The molecular formula is C12H23NO3. The standard InChI is InChI=1S/C12H23NO3/c1-15-6-7-16-9-12(8-14,10-2-3-10)13-11-4-5-11/h10-11,13-14H,2-9H2,1H3. The Balaban J connectivity index is 1.79. The second-order valence-electron chi connectivity index (χ2n) is 5.05. The molecule has 0 aromatic rings. The Hall–Kier alpha value is -0.160. The van der Waals surface area contributed by atoms with Crippen molar-refractivity contribution >= 4 is 0 Å². The van der Waals surface area contributed by atoms with E-state index in [1.165, 1.54) is 25.7 Å². The first-order chi connectivity index (χ1) is 7.80. The van der Waals surface area contributed by atoms with Crippen LogP contribution in [0.5, 0.6) is 0 Å². The van der Waals surface area contributed by atoms with E-state index in [0.717, 1.165) is 0 Å². The van der Waals surface area contributed by atoms with Crippen molar-refractivity contribution in [2.75, 3.05) is 33.5 Å². The van der Waals surface area contributed by atoms with E-state index < -0.39 is 0 Å². The van der Waals surface area contributed by atoms with Crippen LogP contribution in [0.3, 0.4) is 0 Å². The predicted octanol–water partition coefficient (Wildman–Crippen LogP) is 0.542. The van der Waals surface area contributed by atoms with Crippen molar-refractivity contribution in [1.29, 1.82) is 0 Å². The fourth-order valence-electron chi connectivity index (χ4n) is 2.16. The maximum atomic E-state index is 9.65. The highest BCUT2D eigenvalue weighted by Crippen LogP contribution is 2.41. The van der Waals surface area contributed by atoms with Crippen molar-refractivity contribution in [2.24, 2.45) is 5.92 Å². The monoisotopic (exact) mass is 229 g/mol. The Bertz CT molecular complexity index is 216. The number of rotatable bonds is 9. The molecule has 0 spiro atoms. The lowest BCUT2D eigenvalue weighted by atomic mass is 9.95. The summed E-state index contributed by atoms with van der Waals surface area (Å²) in [5.74, 6) is 0.598. The molecule has 4 heteroatoms. The van der Waals surface area contributed by atoms with Gasteiger partial charge in [-0.15, -0.1) is 0 Å². The van der Waals surface area contributed by atoms with Crippen molar-refractivity contribution < 1.29 is 14.6 Å². The SMILES string of the molecule is COCCOCC(CO)(NC1CC1)C1CC1. The number of methoxy groups -OCH3 is 1. The Kier molecular flexibility index (Phi) is 4.19. The average Bonchev–Trinajstić information content (AvgIpc) is 3.15. The molecule has 2 saturated carbocycles. The minimum absolute atomic E-state index is 0.182. The van der Waals surface area contributed by atoms with Crippen LogP contribution in [0, 0.1) is 5.92 Å². The summed E-state index contributed by atoms with van der Waals surface area (Å²) in [5.41, 5.74) is -0.186. The molecule has 2 rings (SSSR count). The van der Waals surface area contributed by atoms with E-state index in [-0.39, 0.29) is 12.1 Å². The molecule has 1 atom stereocenters. The first kappa shape index (κ1) is 12.3. The first-order valence-corrected chi connectivity index (χ1v) is 6.26. The van der Waals surface area contributed by atoms with Crippen LogP contribution in [-0.4, -0.2) is 50.2 Å². The third-order valence-corrected chi connectivity index (χ3v) is 3.50. The smallest absolute Gasteiger partial charge is 0.0701 e. The molecule has 0 aromatic carbocycles. The van der Waals surface area contributed by atoms with Crippen LogP contribution in [0.2, 0.25) is 0 Å². The van der Waals surface area contributed by atoms with E-state index in [1.54, 1.807) is 7.11 Å². The summed E-state index contributed by atoms with van der Waals surface area (Å²) in [6.07, 6.45) is 4.92. The summed E-state index contributed by atoms with van der Waals surface area (Å²) in [5, 5.41) is 13.2. The fraction of sp³-hybridized carbons (Fsp3) is 1.00. The summed E-state index contributed by atoms with van der Waals surface area (Å²) in [6, 6.07) is 0.610. The summed E-state index contributed by atoms with van der Waals surface area (Å²) >= 11 is 0. The van der Waals surface area contributed by atoms with Gasteiger partial charge in [0.05, 0.1) is 32.0 Å². The van der Waals surface area contributed by atoms with Crippen LogP contribution in [-0.2, 0) is 9.47 Å². The van der Waals surface area contributed by atoms with Gasteiger partial charge in [-0.05, 0) is 31.6 Å². The molecule has 0 heterocycles. The fourth-order valence-corrected chi connectivity index (χ4v) is 2.16. The molecule has 2 N–H and O–H groups in total. The Labute approximate surface area is 97.3 Å². The number of hydrogen-bond acceptors (Lipinski definition) is 4. The van der Waals surface area contributed by atoms with E-state index in [1.807, 2.05) is 0 Å². The van der Waals surface area contributed by atoms with Gasteiger partial charge in [-0.3, -0.25) is 0 Å². The molecule has 0 aliphatic heterocycles. The summed E-state index contributed by atoms with van der Waals surface area (Å²) in [4.78, 5) is 0. The normalized spacial score (nSPS) is 24.4. The van der Waals surface area contributed by atoms with E-state index in [9.17, 15) is 5.11 Å². The van der Waals surface area contributed by atoms with Gasteiger partial charge in [-0.25, -0.2) is 0 Å². The first-order valence-electron chi connectivity index (χ1n) is 6.26. The van der Waals surface area contributed by atoms with Gasteiger partial charge >= 0.3 is 0 Å². The van der Waals surface area contributed by atoms with Crippen LogP contribution in [0.4, 0.5) is 0 Å². The topological polar surface area (TPSA) is 50.7 Å². The molecule has 0 aromatic heterocycles. The predicted molar refractivity (Wildman–Crippen MR) is 61.4 cm³/mol. The van der Waals surface area contributed by atoms with Crippen LogP contribution in [0.15, 0.2) is 0 Å². The second kappa shape index (κ2) is 5.45. The van der Waals surface area contributed by atoms with Crippen molar-refractivity contribution in [3.63, 3.8) is 0 Å². The Morgan fingerprint density at radius 3 is 2.50 bits per heavy atom. The highest BCUT2D eigenvalue weighted by Gasteiger charge is 2.47. The zero-order valence-electron chi connectivity index (χ0n) is 10.1. The van der Waals surface area contributed by atoms with Crippen molar-refractivity contribution in [3.8, 4) is 0 Å². The van der Waals surface area contributed by atoms with Crippen molar-refractivity contribution in [1.82, 2.24) is 5.32 Å². The summed E-state index contributed by atoms with van der Waals surface area (Å²) in [7, 11) is 1.67. The van der Waals surface area contributed by atoms with Gasteiger partial charge in [0.2, 0.25) is 0 Å². The van der Waals surface area contributed by atoms with Crippen LogP contribution < -0.4 is 5.32 Å². The number of aliphatic hydroxyl groups is 1. The van der Waals surface area contributed by atoms with E-state index >= 15 is 0 Å². The molecule has 94 valence electrons. The number of ether oxygens (including phenoxy) is 2. The van der Waals surface area contributed by atoms with Gasteiger partial charge in [-0.1, -0.05) is 0 Å². The molecule has 1 unspecified atom stereocenters. The zero-order valence-corrected chi connectivity index (χ0v) is 10.1. The van der Waals surface area contributed by atoms with Gasteiger partial charge in [0.1, 0.15) is 0 Å². The quantitative estimate of drug-likeness (QED) is 0.567. The molecule has 2 aliphatic carbocycles. The zero-order chi connectivity index (χ0) is 11.4. The van der Waals surface area contributed by atoms with Crippen LogP contribution >= 0.6 is 0 Å². The van der Waals surface area contributed by atoms with Gasteiger partial charge in [-0.2, -0.15) is 0 Å². The number of aliphatic hydroxyl groups excluding tert-OH is 1. The lowest BCUT2D eigenvalue weighted by molar-refractivity contribution is 0.00280. The highest BCUT2D eigenvalue weighted by molar-refractivity contribution is 5.04. The maximum absolute atomic E-state index is 9.65. The molecule has 0 radical (unpaired) electrons. The summed E-state index contributed by atoms with van der Waals surface area (Å²) in [6.45, 7) is 2.02. The minimum atomic E-state index is -0.186. The largest absolute Gasteiger partial charge is 0.394 e. The van der Waals surface area contributed by atoms with Gasteiger partial charge in [0.15, 0.2) is 0 Å². The van der Waals surface area contributed by atoms with E-state index in [4.69, 9.17) is 9.47 Å². The molecule has 16 heavy (non-hydrogen) atoms. The van der Waals surface area contributed by atoms with Gasteiger partial charge in [0, 0.05) is 13.2 Å². The molecule has 0 bridgehead atoms. The summed E-state index contributed by atoms with van der Waals surface area (Å²) < 4.78 is 10.6. The molecule has 0 amide bonds. The molecule has 2 aliphatic rings. The van der Waals surface area contributed by atoms with Crippen molar-refractivity contribution in [2.45, 2.75) is 37.3 Å². The highest BCUT2D eigenvalue weighted by atomic mass is 16.5. The van der Waals surface area contributed by atoms with Gasteiger partial charge in [0.25, 0.3) is 0 Å².